The molecule has 7 heteroatoms. The molecule has 0 heterocycles. The lowest BCUT2D eigenvalue weighted by molar-refractivity contribution is -0.164. The third-order valence-electron chi connectivity index (χ3n) is 4.16. The zero-order valence-electron chi connectivity index (χ0n) is 16.1. The Labute approximate surface area is 176 Å². The molecule has 0 amide bonds. The first-order valence-corrected chi connectivity index (χ1v) is 10.4. The molecule has 1 aromatic rings. The summed E-state index contributed by atoms with van der Waals surface area (Å²) in [5.41, 5.74) is -1.48. The summed E-state index contributed by atoms with van der Waals surface area (Å²) >= 11 is 17.9. The molecule has 0 aliphatic rings. The Morgan fingerprint density at radius 1 is 0.889 bits per heavy atom. The fourth-order valence-electron chi connectivity index (χ4n) is 2.33. The van der Waals surface area contributed by atoms with E-state index in [1.165, 1.54) is 51.7 Å². The minimum atomic E-state index is -1.48. The molecular weight excluding hydrogens is 411 g/mol. The van der Waals surface area contributed by atoms with Crippen molar-refractivity contribution in [3.05, 3.63) is 27.2 Å². The first-order chi connectivity index (χ1) is 12.7. The van der Waals surface area contributed by atoms with Gasteiger partial charge in [0.15, 0.2) is 11.2 Å². The Balaban J connectivity index is 2.48. The van der Waals surface area contributed by atoms with Crippen LogP contribution in [0.15, 0.2) is 12.1 Å². The second-order valence-electron chi connectivity index (χ2n) is 6.97. The third kappa shape index (κ3) is 7.89. The third-order valence-corrected chi connectivity index (χ3v) is 4.94. The van der Waals surface area contributed by atoms with Gasteiger partial charge in [0.1, 0.15) is 0 Å². The summed E-state index contributed by atoms with van der Waals surface area (Å²) in [4.78, 5) is 24.7. The maximum absolute atomic E-state index is 12.4. The van der Waals surface area contributed by atoms with Crippen molar-refractivity contribution in [3.63, 3.8) is 0 Å². The van der Waals surface area contributed by atoms with Gasteiger partial charge in [0, 0.05) is 5.02 Å². The van der Waals surface area contributed by atoms with Gasteiger partial charge in [-0.15, -0.1) is 0 Å². The highest BCUT2D eigenvalue weighted by molar-refractivity contribution is 6.40. The van der Waals surface area contributed by atoms with Crippen LogP contribution in [0.2, 0.25) is 15.1 Å². The van der Waals surface area contributed by atoms with Crippen molar-refractivity contribution < 1.29 is 19.1 Å². The van der Waals surface area contributed by atoms with Gasteiger partial charge in [-0.3, -0.25) is 9.59 Å². The smallest absolute Gasteiger partial charge is 0.328 e. The number of benzene rings is 1. The summed E-state index contributed by atoms with van der Waals surface area (Å²) in [6, 6.07) is 2.81. The quantitative estimate of drug-likeness (QED) is 0.164. The Bertz CT molecular complexity index is 621. The maximum atomic E-state index is 12.4. The molecule has 0 spiro atoms. The van der Waals surface area contributed by atoms with Crippen LogP contribution in [0.5, 0.6) is 5.75 Å². The molecule has 0 N–H and O–H groups in total. The number of rotatable bonds is 11. The van der Waals surface area contributed by atoms with Crippen LogP contribution in [0.25, 0.3) is 0 Å². The first-order valence-electron chi connectivity index (χ1n) is 9.24. The van der Waals surface area contributed by atoms with Crippen molar-refractivity contribution in [1.82, 2.24) is 0 Å². The topological polar surface area (TPSA) is 52.6 Å². The largest absolute Gasteiger partial charge is 0.465 e. The van der Waals surface area contributed by atoms with Crippen LogP contribution < -0.4 is 4.74 Å². The van der Waals surface area contributed by atoms with Crippen LogP contribution in [0.4, 0.5) is 0 Å². The molecule has 27 heavy (non-hydrogen) atoms. The summed E-state index contributed by atoms with van der Waals surface area (Å²) in [7, 11) is 0. The normalized spacial score (nSPS) is 11.3. The fourth-order valence-corrected chi connectivity index (χ4v) is 3.23. The van der Waals surface area contributed by atoms with Gasteiger partial charge in [-0.05, 0) is 32.4 Å². The SMILES string of the molecule is CCCCCCCCCOC(=O)C(C)(C)C(=O)Oc1c(Cl)cc(Cl)cc1Cl. The average Bonchev–Trinajstić information content (AvgIpc) is 2.59. The predicted octanol–water partition coefficient (Wildman–Crippen LogP) is 6.87. The molecule has 152 valence electrons. The van der Waals surface area contributed by atoms with E-state index >= 15 is 0 Å². The number of esters is 2. The van der Waals surface area contributed by atoms with E-state index in [4.69, 9.17) is 44.3 Å². The monoisotopic (exact) mass is 436 g/mol. The Kier molecular flexibility index (Phi) is 10.5. The molecule has 0 aromatic heterocycles. The summed E-state index contributed by atoms with van der Waals surface area (Å²) in [6.07, 6.45) is 7.81. The van der Waals surface area contributed by atoms with Gasteiger partial charge in [-0.25, -0.2) is 0 Å². The minimum absolute atomic E-state index is 0.0271. The minimum Gasteiger partial charge on any atom is -0.465 e. The number of ether oxygens (including phenoxy) is 2. The van der Waals surface area contributed by atoms with Crippen LogP contribution in [-0.2, 0) is 14.3 Å². The molecular formula is C20H27Cl3O4. The lowest BCUT2D eigenvalue weighted by Gasteiger charge is -2.21. The molecule has 0 saturated carbocycles. The molecule has 0 aliphatic heterocycles. The standard InChI is InChI=1S/C20H27Cl3O4/c1-4-5-6-7-8-9-10-11-26-18(24)20(2,3)19(25)27-17-15(22)12-14(21)13-16(17)23/h12-13H,4-11H2,1-3H3. The summed E-state index contributed by atoms with van der Waals surface area (Å²) in [5.74, 6) is -1.46. The molecule has 0 atom stereocenters. The number of hydrogen-bond donors (Lipinski definition) is 0. The van der Waals surface area contributed by atoms with Crippen molar-refractivity contribution in [1.29, 1.82) is 0 Å². The van der Waals surface area contributed by atoms with Crippen LogP contribution >= 0.6 is 34.8 Å². The highest BCUT2D eigenvalue weighted by Crippen LogP contribution is 2.37. The van der Waals surface area contributed by atoms with Gasteiger partial charge in [0.2, 0.25) is 0 Å². The van der Waals surface area contributed by atoms with E-state index in [0.29, 0.717) is 5.02 Å². The molecule has 0 bridgehead atoms. The number of carbonyl (C=O) groups excluding carboxylic acids is 2. The molecule has 0 aliphatic carbocycles. The second kappa shape index (κ2) is 11.8. The van der Waals surface area contributed by atoms with E-state index in [1.807, 2.05) is 0 Å². The van der Waals surface area contributed by atoms with Gasteiger partial charge in [-0.1, -0.05) is 80.3 Å². The van der Waals surface area contributed by atoms with Crippen molar-refractivity contribution in [2.24, 2.45) is 5.41 Å². The van der Waals surface area contributed by atoms with Crippen LogP contribution in [-0.4, -0.2) is 18.5 Å². The molecule has 1 aromatic carbocycles. The van der Waals surface area contributed by atoms with Gasteiger partial charge >= 0.3 is 11.9 Å². The summed E-state index contributed by atoms with van der Waals surface area (Å²) in [6.45, 7) is 5.35. The van der Waals surface area contributed by atoms with Crippen LogP contribution in [0.3, 0.4) is 0 Å². The van der Waals surface area contributed by atoms with E-state index < -0.39 is 17.4 Å². The van der Waals surface area contributed by atoms with E-state index in [-0.39, 0.29) is 22.4 Å². The molecule has 1 rings (SSSR count). The predicted molar refractivity (Wildman–Crippen MR) is 110 cm³/mol. The molecule has 0 unspecified atom stereocenters. The molecule has 0 saturated heterocycles. The number of carbonyl (C=O) groups is 2. The van der Waals surface area contributed by atoms with Gasteiger partial charge in [0.25, 0.3) is 0 Å². The number of halogens is 3. The van der Waals surface area contributed by atoms with Gasteiger partial charge in [0.05, 0.1) is 16.7 Å². The zero-order chi connectivity index (χ0) is 20.4. The van der Waals surface area contributed by atoms with Crippen molar-refractivity contribution in [3.8, 4) is 5.75 Å². The number of unbranched alkanes of at least 4 members (excludes halogenated alkanes) is 6. The fraction of sp³-hybridized carbons (Fsp3) is 0.600. The van der Waals surface area contributed by atoms with E-state index in [9.17, 15) is 9.59 Å². The second-order valence-corrected chi connectivity index (χ2v) is 8.22. The van der Waals surface area contributed by atoms with Crippen molar-refractivity contribution in [2.75, 3.05) is 6.61 Å². The van der Waals surface area contributed by atoms with Crippen LogP contribution in [0, 0.1) is 5.41 Å². The van der Waals surface area contributed by atoms with Gasteiger partial charge in [-0.2, -0.15) is 0 Å². The van der Waals surface area contributed by atoms with Crippen molar-refractivity contribution in [2.45, 2.75) is 65.7 Å². The lowest BCUT2D eigenvalue weighted by Crippen LogP contribution is -2.38. The van der Waals surface area contributed by atoms with Crippen molar-refractivity contribution >= 4 is 46.7 Å². The highest BCUT2D eigenvalue weighted by Gasteiger charge is 2.40. The van der Waals surface area contributed by atoms with E-state index in [1.54, 1.807) is 0 Å². The Morgan fingerprint density at radius 2 is 1.41 bits per heavy atom. The van der Waals surface area contributed by atoms with Gasteiger partial charge < -0.3 is 9.47 Å². The summed E-state index contributed by atoms with van der Waals surface area (Å²) < 4.78 is 10.5. The first kappa shape index (κ1) is 24.1. The lowest BCUT2D eigenvalue weighted by atomic mass is 9.94. The Hall–Kier alpha value is -0.970. The molecule has 0 fully saturated rings. The van der Waals surface area contributed by atoms with E-state index in [2.05, 4.69) is 6.92 Å². The Morgan fingerprint density at radius 3 is 1.96 bits per heavy atom. The zero-order valence-corrected chi connectivity index (χ0v) is 18.3. The highest BCUT2D eigenvalue weighted by atomic mass is 35.5. The van der Waals surface area contributed by atoms with E-state index in [0.717, 1.165) is 19.3 Å². The maximum Gasteiger partial charge on any atom is 0.328 e. The molecule has 4 nitrogen and oxygen atoms in total. The average molecular weight is 438 g/mol. The van der Waals surface area contributed by atoms with Crippen LogP contribution in [0.1, 0.15) is 65.7 Å². The summed E-state index contributed by atoms with van der Waals surface area (Å²) in [5, 5.41) is 0.499. The number of hydrogen-bond acceptors (Lipinski definition) is 4. The molecule has 0 radical (unpaired) electrons.